The summed E-state index contributed by atoms with van der Waals surface area (Å²) in [7, 11) is 1.97. The summed E-state index contributed by atoms with van der Waals surface area (Å²) in [5.41, 5.74) is 5.71. The lowest BCUT2D eigenvalue weighted by Gasteiger charge is -2.08. The first-order valence-corrected chi connectivity index (χ1v) is 8.12. The molecule has 0 aliphatic rings. The average molecular weight is 309 g/mol. The summed E-state index contributed by atoms with van der Waals surface area (Å²) in [5.74, 6) is 1.33. The minimum absolute atomic E-state index is 0.418. The van der Waals surface area contributed by atoms with E-state index in [0.29, 0.717) is 5.88 Å². The molecule has 0 saturated heterocycles. The van der Waals surface area contributed by atoms with Crippen LogP contribution in [-0.2, 0) is 25.9 Å². The molecule has 0 N–H and O–H groups in total. The van der Waals surface area contributed by atoms with Crippen LogP contribution in [0.1, 0.15) is 29.6 Å². The number of nitrogens with zero attached hydrogens (tertiary/aromatic N) is 4. The highest BCUT2D eigenvalue weighted by Gasteiger charge is 2.18. The van der Waals surface area contributed by atoms with E-state index in [4.69, 9.17) is 11.6 Å². The third-order valence-corrected chi connectivity index (χ3v) is 4.76. The quantitative estimate of drug-likeness (QED) is 0.692. The third kappa shape index (κ3) is 2.05. The predicted molar refractivity (Wildman–Crippen MR) is 83.6 cm³/mol. The van der Waals surface area contributed by atoms with E-state index >= 15 is 0 Å². The number of fused-ring (bicyclic) bond motifs is 1. The van der Waals surface area contributed by atoms with Crippen molar-refractivity contribution in [1.29, 1.82) is 0 Å². The lowest BCUT2D eigenvalue weighted by atomic mass is 10.2. The molecule has 0 atom stereocenters. The summed E-state index contributed by atoms with van der Waals surface area (Å²) in [5, 5.41) is 8.91. The van der Waals surface area contributed by atoms with E-state index in [9.17, 15) is 0 Å². The number of imidazole rings is 1. The van der Waals surface area contributed by atoms with Crippen molar-refractivity contribution < 1.29 is 0 Å². The fourth-order valence-electron chi connectivity index (χ4n) is 2.51. The molecular formula is C14H17ClN4S. The maximum atomic E-state index is 6.08. The van der Waals surface area contributed by atoms with Crippen molar-refractivity contribution in [2.75, 3.05) is 0 Å². The Bertz CT molecular complexity index is 753. The van der Waals surface area contributed by atoms with Gasteiger partial charge in [0, 0.05) is 7.05 Å². The molecule has 0 aromatic carbocycles. The van der Waals surface area contributed by atoms with Crippen LogP contribution in [0.2, 0.25) is 0 Å². The molecule has 3 aromatic heterocycles. The van der Waals surface area contributed by atoms with Gasteiger partial charge in [0.15, 0.2) is 5.65 Å². The number of aryl methyl sites for hydroxylation is 3. The maximum Gasteiger partial charge on any atom is 0.159 e. The summed E-state index contributed by atoms with van der Waals surface area (Å²) >= 11 is 7.81. The van der Waals surface area contributed by atoms with Crippen molar-refractivity contribution in [3.05, 3.63) is 33.4 Å². The summed E-state index contributed by atoms with van der Waals surface area (Å²) in [6.07, 6.45) is 0.882. The molecule has 106 valence electrons. The maximum absolute atomic E-state index is 6.08. The molecule has 0 unspecified atom stereocenters. The van der Waals surface area contributed by atoms with Crippen molar-refractivity contribution >= 4 is 34.1 Å². The average Bonchev–Trinajstić information content (AvgIpc) is 3.08. The standard InChI is InChI=1S/C14H17ClN4S/c1-4-11-13-14(18(3)17-11)19(12(5-15)16-13)6-10-8-20-7-9(10)2/h7-8H,4-6H2,1-3H3. The number of thiophene rings is 1. The van der Waals surface area contributed by atoms with E-state index in [1.165, 1.54) is 11.1 Å². The van der Waals surface area contributed by atoms with Crippen LogP contribution in [0.15, 0.2) is 10.8 Å². The first kappa shape index (κ1) is 13.6. The van der Waals surface area contributed by atoms with Crippen LogP contribution >= 0.6 is 22.9 Å². The Morgan fingerprint density at radius 1 is 1.35 bits per heavy atom. The van der Waals surface area contributed by atoms with E-state index in [-0.39, 0.29) is 0 Å². The summed E-state index contributed by atoms with van der Waals surface area (Å²) in [6, 6.07) is 0. The number of hydrogen-bond donors (Lipinski definition) is 0. The molecule has 3 heterocycles. The molecule has 0 fully saturated rings. The Balaban J connectivity index is 2.17. The van der Waals surface area contributed by atoms with E-state index < -0.39 is 0 Å². The van der Waals surface area contributed by atoms with Gasteiger partial charge in [0.2, 0.25) is 0 Å². The normalized spacial score (nSPS) is 11.6. The van der Waals surface area contributed by atoms with Crippen LogP contribution < -0.4 is 0 Å². The highest BCUT2D eigenvalue weighted by molar-refractivity contribution is 7.08. The van der Waals surface area contributed by atoms with E-state index in [1.807, 2.05) is 11.7 Å². The second kappa shape index (κ2) is 5.22. The minimum atomic E-state index is 0.418. The Labute approximate surface area is 127 Å². The predicted octanol–water partition coefficient (Wildman–Crippen LogP) is 3.49. The molecule has 4 nitrogen and oxygen atoms in total. The van der Waals surface area contributed by atoms with Crippen LogP contribution in [0.5, 0.6) is 0 Å². The number of aromatic nitrogens is 4. The Kier molecular flexibility index (Phi) is 3.56. The molecule has 0 aliphatic carbocycles. The van der Waals surface area contributed by atoms with Crippen molar-refractivity contribution in [2.24, 2.45) is 7.05 Å². The van der Waals surface area contributed by atoms with E-state index in [1.54, 1.807) is 11.3 Å². The molecule has 0 saturated carbocycles. The zero-order valence-electron chi connectivity index (χ0n) is 11.9. The monoisotopic (exact) mass is 308 g/mol. The Hall–Kier alpha value is -1.33. The van der Waals surface area contributed by atoms with Gasteiger partial charge in [-0.15, -0.1) is 11.6 Å². The Morgan fingerprint density at radius 2 is 2.15 bits per heavy atom. The first-order chi connectivity index (χ1) is 9.65. The molecule has 3 aromatic rings. The Morgan fingerprint density at radius 3 is 2.75 bits per heavy atom. The van der Waals surface area contributed by atoms with Gasteiger partial charge in [-0.25, -0.2) is 4.98 Å². The fourth-order valence-corrected chi connectivity index (χ4v) is 3.56. The second-order valence-electron chi connectivity index (χ2n) is 4.92. The third-order valence-electron chi connectivity index (χ3n) is 3.61. The minimum Gasteiger partial charge on any atom is -0.307 e. The molecule has 6 heteroatoms. The molecule has 20 heavy (non-hydrogen) atoms. The molecular weight excluding hydrogens is 292 g/mol. The van der Waals surface area contributed by atoms with Gasteiger partial charge in [-0.2, -0.15) is 16.4 Å². The van der Waals surface area contributed by atoms with Crippen molar-refractivity contribution in [3.8, 4) is 0 Å². The van der Waals surface area contributed by atoms with Gasteiger partial charge in [-0.1, -0.05) is 6.92 Å². The summed E-state index contributed by atoms with van der Waals surface area (Å²) in [4.78, 5) is 4.68. The lowest BCUT2D eigenvalue weighted by Crippen LogP contribution is -2.07. The largest absolute Gasteiger partial charge is 0.307 e. The SMILES string of the molecule is CCc1nn(C)c2c1nc(CCl)n2Cc1cscc1C. The van der Waals surface area contributed by atoms with Crippen LogP contribution in [0.4, 0.5) is 0 Å². The summed E-state index contributed by atoms with van der Waals surface area (Å²) < 4.78 is 4.10. The van der Waals surface area contributed by atoms with E-state index in [0.717, 1.165) is 35.6 Å². The van der Waals surface area contributed by atoms with Gasteiger partial charge in [0.25, 0.3) is 0 Å². The summed E-state index contributed by atoms with van der Waals surface area (Å²) in [6.45, 7) is 5.04. The van der Waals surface area contributed by atoms with Crippen LogP contribution in [-0.4, -0.2) is 19.3 Å². The fraction of sp³-hybridized carbons (Fsp3) is 0.429. The lowest BCUT2D eigenvalue weighted by molar-refractivity contribution is 0.697. The van der Waals surface area contributed by atoms with Crippen molar-refractivity contribution in [2.45, 2.75) is 32.7 Å². The molecule has 0 radical (unpaired) electrons. The zero-order chi connectivity index (χ0) is 14.3. The number of rotatable bonds is 4. The van der Waals surface area contributed by atoms with Gasteiger partial charge < -0.3 is 4.57 Å². The highest BCUT2D eigenvalue weighted by Crippen LogP contribution is 2.24. The highest BCUT2D eigenvalue weighted by atomic mass is 35.5. The number of hydrogen-bond acceptors (Lipinski definition) is 3. The second-order valence-corrected chi connectivity index (χ2v) is 5.93. The molecule has 0 aliphatic heterocycles. The molecule has 3 rings (SSSR count). The molecule has 0 amide bonds. The van der Waals surface area contributed by atoms with Gasteiger partial charge in [0.1, 0.15) is 11.3 Å². The molecule has 0 bridgehead atoms. The van der Waals surface area contributed by atoms with Crippen LogP contribution in [0, 0.1) is 6.92 Å². The first-order valence-electron chi connectivity index (χ1n) is 6.64. The smallest absolute Gasteiger partial charge is 0.159 e. The van der Waals surface area contributed by atoms with Crippen molar-refractivity contribution in [1.82, 2.24) is 19.3 Å². The van der Waals surface area contributed by atoms with Gasteiger partial charge in [-0.3, -0.25) is 4.68 Å². The van der Waals surface area contributed by atoms with Crippen LogP contribution in [0.25, 0.3) is 11.2 Å². The number of halogens is 1. The van der Waals surface area contributed by atoms with Gasteiger partial charge in [-0.05, 0) is 35.2 Å². The van der Waals surface area contributed by atoms with E-state index in [2.05, 4.69) is 39.3 Å². The van der Waals surface area contributed by atoms with Gasteiger partial charge in [0.05, 0.1) is 18.1 Å². The van der Waals surface area contributed by atoms with Crippen molar-refractivity contribution in [3.63, 3.8) is 0 Å². The topological polar surface area (TPSA) is 35.6 Å². The zero-order valence-corrected chi connectivity index (χ0v) is 13.4. The van der Waals surface area contributed by atoms with Crippen LogP contribution in [0.3, 0.4) is 0 Å². The molecule has 0 spiro atoms. The number of alkyl halides is 1. The van der Waals surface area contributed by atoms with Gasteiger partial charge >= 0.3 is 0 Å².